The van der Waals surface area contributed by atoms with Gasteiger partial charge in [-0.05, 0) is 25.2 Å². The fraction of sp³-hybridized carbons (Fsp3) is 0.647. The van der Waals surface area contributed by atoms with Gasteiger partial charge in [0.2, 0.25) is 5.88 Å². The summed E-state index contributed by atoms with van der Waals surface area (Å²) in [6.45, 7) is 5.03. The molecule has 6 nitrogen and oxygen atoms in total. The number of pyridine rings is 1. The van der Waals surface area contributed by atoms with Crippen LogP contribution < -0.4 is 10.1 Å². The molecule has 1 aromatic heterocycles. The maximum atomic E-state index is 10.5. The van der Waals surface area contributed by atoms with Crippen molar-refractivity contribution in [1.29, 1.82) is 0 Å². The highest BCUT2D eigenvalue weighted by Gasteiger charge is 2.32. The quantitative estimate of drug-likeness (QED) is 0.617. The average molecular weight is 350 g/mol. The van der Waals surface area contributed by atoms with Crippen LogP contribution in [0.2, 0.25) is 0 Å². The number of likely N-dealkylation sites (tertiary alicyclic amines) is 1. The molecule has 2 N–H and O–H groups in total. The maximum Gasteiger partial charge on any atom is 0.213 e. The van der Waals surface area contributed by atoms with E-state index in [1.807, 2.05) is 18.2 Å². The second kappa shape index (κ2) is 8.07. The van der Waals surface area contributed by atoms with Crippen LogP contribution in [0.25, 0.3) is 0 Å². The fourth-order valence-corrected chi connectivity index (χ4v) is 4.26. The van der Waals surface area contributed by atoms with E-state index in [4.69, 9.17) is 4.74 Å². The van der Waals surface area contributed by atoms with Crippen molar-refractivity contribution in [2.24, 2.45) is 4.99 Å². The molecule has 24 heavy (non-hydrogen) atoms. The first kappa shape index (κ1) is 17.4. The first-order valence-corrected chi connectivity index (χ1v) is 9.75. The van der Waals surface area contributed by atoms with E-state index < -0.39 is 5.60 Å². The van der Waals surface area contributed by atoms with Crippen LogP contribution in [0.1, 0.15) is 19.8 Å². The summed E-state index contributed by atoms with van der Waals surface area (Å²) >= 11 is 1.80. The van der Waals surface area contributed by atoms with Gasteiger partial charge < -0.3 is 20.1 Å². The number of ether oxygens (including phenoxy) is 1. The van der Waals surface area contributed by atoms with Crippen molar-refractivity contribution in [3.8, 4) is 5.88 Å². The molecule has 0 saturated carbocycles. The van der Waals surface area contributed by atoms with Crippen molar-refractivity contribution in [2.75, 3.05) is 37.7 Å². The van der Waals surface area contributed by atoms with E-state index in [-0.39, 0.29) is 6.10 Å². The topological polar surface area (TPSA) is 70.0 Å². The number of nitrogens with one attached hydrogen (secondary N) is 1. The van der Waals surface area contributed by atoms with E-state index in [0.29, 0.717) is 12.4 Å². The number of rotatable bonds is 5. The molecule has 0 aromatic carbocycles. The number of thioether (sulfide) groups is 1. The SMILES string of the molecule is CCNC(=NCC1(O)CCSC1)N1CCC(Oc2ccccn2)C1. The molecular formula is C17H26N4O2S. The van der Waals surface area contributed by atoms with Crippen molar-refractivity contribution in [1.82, 2.24) is 15.2 Å². The van der Waals surface area contributed by atoms with E-state index in [1.54, 1.807) is 18.0 Å². The Morgan fingerprint density at radius 2 is 2.50 bits per heavy atom. The Hall–Kier alpha value is -1.47. The van der Waals surface area contributed by atoms with Crippen molar-refractivity contribution in [3.05, 3.63) is 24.4 Å². The number of aliphatic hydroxyl groups is 1. The molecule has 2 fully saturated rings. The molecular weight excluding hydrogens is 324 g/mol. The standard InChI is InChI=1S/C17H26N4O2S/c1-2-18-16(20-12-17(22)7-10-24-13-17)21-9-6-14(11-21)23-15-5-3-4-8-19-15/h3-5,8,14,22H,2,6-7,9-13H2,1H3,(H,18,20). The molecule has 0 bridgehead atoms. The highest BCUT2D eigenvalue weighted by molar-refractivity contribution is 7.99. The third-order valence-corrected chi connectivity index (χ3v) is 5.54. The molecule has 132 valence electrons. The Morgan fingerprint density at radius 3 is 3.21 bits per heavy atom. The fourth-order valence-electron chi connectivity index (χ4n) is 2.97. The largest absolute Gasteiger partial charge is 0.472 e. The van der Waals surface area contributed by atoms with Crippen molar-refractivity contribution in [3.63, 3.8) is 0 Å². The first-order valence-electron chi connectivity index (χ1n) is 8.59. The first-order chi connectivity index (χ1) is 11.7. The number of hydrogen-bond donors (Lipinski definition) is 2. The summed E-state index contributed by atoms with van der Waals surface area (Å²) in [6.07, 6.45) is 3.63. The molecule has 2 aliphatic rings. The Morgan fingerprint density at radius 1 is 1.58 bits per heavy atom. The molecule has 2 saturated heterocycles. The lowest BCUT2D eigenvalue weighted by Crippen LogP contribution is -2.42. The average Bonchev–Trinajstić information content (AvgIpc) is 3.22. The molecule has 0 amide bonds. The molecule has 2 aliphatic heterocycles. The molecule has 0 aliphatic carbocycles. The summed E-state index contributed by atoms with van der Waals surface area (Å²) < 4.78 is 5.94. The highest BCUT2D eigenvalue weighted by Crippen LogP contribution is 2.28. The van der Waals surface area contributed by atoms with Gasteiger partial charge in [0.15, 0.2) is 5.96 Å². The van der Waals surface area contributed by atoms with Gasteiger partial charge in [-0.15, -0.1) is 0 Å². The Labute approximate surface area is 147 Å². The van der Waals surface area contributed by atoms with Crippen LogP contribution in [0, 0.1) is 0 Å². The van der Waals surface area contributed by atoms with E-state index in [1.165, 1.54) is 0 Å². The lowest BCUT2D eigenvalue weighted by molar-refractivity contribution is 0.0776. The van der Waals surface area contributed by atoms with Crippen LogP contribution in [0.3, 0.4) is 0 Å². The Kier molecular flexibility index (Phi) is 5.84. The normalized spacial score (nSPS) is 27.5. The van der Waals surface area contributed by atoms with Crippen LogP contribution in [-0.2, 0) is 0 Å². The minimum Gasteiger partial charge on any atom is -0.472 e. The van der Waals surface area contributed by atoms with E-state index >= 15 is 0 Å². The van der Waals surface area contributed by atoms with Crippen molar-refractivity contribution >= 4 is 17.7 Å². The van der Waals surface area contributed by atoms with Crippen LogP contribution >= 0.6 is 11.8 Å². The minimum absolute atomic E-state index is 0.119. The molecule has 3 rings (SSSR count). The van der Waals surface area contributed by atoms with Crippen molar-refractivity contribution < 1.29 is 9.84 Å². The van der Waals surface area contributed by atoms with Gasteiger partial charge in [0.25, 0.3) is 0 Å². The molecule has 7 heteroatoms. The number of nitrogens with zero attached hydrogens (tertiary/aromatic N) is 3. The third kappa shape index (κ3) is 4.54. The van der Waals surface area contributed by atoms with E-state index in [2.05, 4.69) is 27.1 Å². The van der Waals surface area contributed by atoms with E-state index in [0.717, 1.165) is 49.9 Å². The minimum atomic E-state index is -0.644. The molecule has 2 atom stereocenters. The second-order valence-corrected chi connectivity index (χ2v) is 7.44. The predicted octanol–water partition coefficient (Wildman–Crippen LogP) is 1.37. The summed E-state index contributed by atoms with van der Waals surface area (Å²) in [6, 6.07) is 5.70. The molecule has 3 heterocycles. The third-order valence-electron chi connectivity index (χ3n) is 4.31. The molecule has 2 unspecified atom stereocenters. The number of guanidine groups is 1. The van der Waals surface area contributed by atoms with Gasteiger partial charge in [-0.2, -0.15) is 11.8 Å². The van der Waals surface area contributed by atoms with Crippen LogP contribution in [0.15, 0.2) is 29.4 Å². The summed E-state index contributed by atoms with van der Waals surface area (Å²) in [4.78, 5) is 11.1. The summed E-state index contributed by atoms with van der Waals surface area (Å²) in [5.41, 5.74) is -0.644. The van der Waals surface area contributed by atoms with Gasteiger partial charge in [0.05, 0.1) is 18.7 Å². The lowest BCUT2D eigenvalue weighted by atomic mass is 10.1. The Balaban J connectivity index is 1.58. The van der Waals surface area contributed by atoms with Gasteiger partial charge in [-0.25, -0.2) is 4.98 Å². The zero-order valence-corrected chi connectivity index (χ0v) is 15.0. The molecule has 0 spiro atoms. The maximum absolute atomic E-state index is 10.5. The summed E-state index contributed by atoms with van der Waals surface area (Å²) in [7, 11) is 0. The zero-order chi connectivity index (χ0) is 16.8. The monoisotopic (exact) mass is 350 g/mol. The number of aromatic nitrogens is 1. The lowest BCUT2D eigenvalue weighted by Gasteiger charge is -2.24. The smallest absolute Gasteiger partial charge is 0.213 e. The van der Waals surface area contributed by atoms with Gasteiger partial charge in [0.1, 0.15) is 6.10 Å². The number of aliphatic imine (C=N–C) groups is 1. The predicted molar refractivity (Wildman–Crippen MR) is 97.7 cm³/mol. The Bertz CT molecular complexity index is 549. The van der Waals surface area contributed by atoms with Crippen LogP contribution in [0.5, 0.6) is 5.88 Å². The zero-order valence-electron chi connectivity index (χ0n) is 14.1. The highest BCUT2D eigenvalue weighted by atomic mass is 32.2. The summed E-state index contributed by atoms with van der Waals surface area (Å²) in [5, 5.41) is 13.8. The van der Waals surface area contributed by atoms with Crippen molar-refractivity contribution in [2.45, 2.75) is 31.5 Å². The van der Waals surface area contributed by atoms with E-state index in [9.17, 15) is 5.11 Å². The van der Waals surface area contributed by atoms with Crippen LogP contribution in [-0.4, -0.2) is 70.3 Å². The molecule has 1 aromatic rings. The van der Waals surface area contributed by atoms with Gasteiger partial charge in [-0.3, -0.25) is 4.99 Å². The number of hydrogen-bond acceptors (Lipinski definition) is 5. The second-order valence-electron chi connectivity index (χ2n) is 6.34. The van der Waals surface area contributed by atoms with Crippen LogP contribution in [0.4, 0.5) is 0 Å². The van der Waals surface area contributed by atoms with Gasteiger partial charge in [0, 0.05) is 37.5 Å². The summed E-state index contributed by atoms with van der Waals surface area (Å²) in [5.74, 6) is 3.34. The molecule has 0 radical (unpaired) electrons. The van der Waals surface area contributed by atoms with Gasteiger partial charge >= 0.3 is 0 Å². The van der Waals surface area contributed by atoms with Gasteiger partial charge in [-0.1, -0.05) is 6.07 Å².